The summed E-state index contributed by atoms with van der Waals surface area (Å²) in [5, 5.41) is 34.4. The second-order valence-corrected chi connectivity index (χ2v) is 11.4. The minimum atomic E-state index is -1.82. The van der Waals surface area contributed by atoms with E-state index in [9.17, 15) is 29.7 Å². The number of carbonyl (C=O) groups is 3. The van der Waals surface area contributed by atoms with Gasteiger partial charge in [-0.1, -0.05) is 20.8 Å². The fourth-order valence-corrected chi connectivity index (χ4v) is 8.35. The summed E-state index contributed by atoms with van der Waals surface area (Å²) in [6, 6.07) is 0. The van der Waals surface area contributed by atoms with Gasteiger partial charge in [0, 0.05) is 30.6 Å². The quantitative estimate of drug-likeness (QED) is 0.556. The van der Waals surface area contributed by atoms with E-state index in [-0.39, 0.29) is 43.3 Å². The highest BCUT2D eigenvalue weighted by Crippen LogP contribution is 2.70. The highest BCUT2D eigenvalue weighted by molar-refractivity contribution is 5.91. The van der Waals surface area contributed by atoms with Crippen molar-refractivity contribution in [1.29, 1.82) is 0 Å². The number of alkyl halides is 1. The Morgan fingerprint density at radius 1 is 1.19 bits per heavy atom. The molecule has 180 valence electrons. The third-order valence-corrected chi connectivity index (χ3v) is 9.98. The maximum absolute atomic E-state index is 15.6. The highest BCUT2D eigenvalue weighted by atomic mass is 19.1. The number of hydrogen-bond acceptors (Lipinski definition) is 7. The molecule has 0 aromatic carbocycles. The van der Waals surface area contributed by atoms with Gasteiger partial charge >= 0.3 is 5.97 Å². The van der Waals surface area contributed by atoms with Gasteiger partial charge in [0.05, 0.1) is 6.10 Å². The molecule has 0 unspecified atom stereocenters. The van der Waals surface area contributed by atoms with Gasteiger partial charge in [-0.3, -0.25) is 14.4 Å². The maximum Gasteiger partial charge on any atom is 0.303 e. The zero-order chi connectivity index (χ0) is 23.9. The minimum absolute atomic E-state index is 0.0255. The standard InChI is InChI=1S/C24H35FO7/c1-12-7-16-15-8-18(25)23(30)9-14(27)5-6-21(23,3)20(15)17(28)10-22(16,4)24(12,31)19(29)11-32-13(2)26/h12,15-18,20,28,30-31H,5-11H2,1-4H3/t12-,15+,16+,17-,18-,20-,21-,22+,23+,24+/m1/s1. The molecule has 0 bridgehead atoms. The molecule has 4 fully saturated rings. The summed E-state index contributed by atoms with van der Waals surface area (Å²) >= 11 is 0. The van der Waals surface area contributed by atoms with Crippen molar-refractivity contribution in [3.63, 3.8) is 0 Å². The normalized spacial score (nSPS) is 52.6. The van der Waals surface area contributed by atoms with E-state index >= 15 is 4.39 Å². The maximum atomic E-state index is 15.6. The predicted octanol–water partition coefficient (Wildman–Crippen LogP) is 1.74. The molecular weight excluding hydrogens is 419 g/mol. The minimum Gasteiger partial charge on any atom is -0.458 e. The topological polar surface area (TPSA) is 121 Å². The van der Waals surface area contributed by atoms with Crippen molar-refractivity contribution >= 4 is 17.5 Å². The summed E-state index contributed by atoms with van der Waals surface area (Å²) in [5.74, 6) is -2.90. The lowest BCUT2D eigenvalue weighted by atomic mass is 9.41. The van der Waals surface area contributed by atoms with Crippen LogP contribution in [0.5, 0.6) is 0 Å². The average molecular weight is 455 g/mol. The van der Waals surface area contributed by atoms with Crippen LogP contribution in [-0.4, -0.2) is 62.9 Å². The van der Waals surface area contributed by atoms with Crippen LogP contribution in [-0.2, 0) is 19.1 Å². The lowest BCUT2D eigenvalue weighted by Gasteiger charge is -2.65. The Hall–Kier alpha value is -1.38. The van der Waals surface area contributed by atoms with Crippen molar-refractivity contribution in [2.24, 2.45) is 34.5 Å². The van der Waals surface area contributed by atoms with E-state index in [1.165, 1.54) is 6.92 Å². The number of esters is 1. The second kappa shape index (κ2) is 7.31. The third-order valence-electron chi connectivity index (χ3n) is 9.98. The second-order valence-electron chi connectivity index (χ2n) is 11.4. The van der Waals surface area contributed by atoms with Crippen molar-refractivity contribution < 1.29 is 38.8 Å². The van der Waals surface area contributed by atoms with E-state index in [0.29, 0.717) is 12.8 Å². The molecule has 4 saturated carbocycles. The molecule has 0 radical (unpaired) electrons. The number of Topliss-reactive ketones (excluding diaryl/α,β-unsaturated/α-hetero) is 2. The number of aliphatic hydroxyl groups excluding tert-OH is 1. The Morgan fingerprint density at radius 3 is 2.47 bits per heavy atom. The molecule has 4 aliphatic carbocycles. The van der Waals surface area contributed by atoms with Crippen LogP contribution < -0.4 is 0 Å². The molecule has 0 spiro atoms. The Labute approximate surface area is 187 Å². The molecule has 32 heavy (non-hydrogen) atoms. The number of rotatable bonds is 3. The molecule has 4 rings (SSSR count). The number of hydrogen-bond donors (Lipinski definition) is 3. The summed E-state index contributed by atoms with van der Waals surface area (Å²) in [4.78, 5) is 36.4. The molecule has 8 heteroatoms. The van der Waals surface area contributed by atoms with Crippen LogP contribution in [0.2, 0.25) is 0 Å². The molecule has 0 heterocycles. The van der Waals surface area contributed by atoms with E-state index in [1.54, 1.807) is 20.8 Å². The van der Waals surface area contributed by atoms with Gasteiger partial charge in [0.1, 0.15) is 23.2 Å². The smallest absolute Gasteiger partial charge is 0.303 e. The number of ketones is 2. The van der Waals surface area contributed by atoms with E-state index in [1.807, 2.05) is 0 Å². The summed E-state index contributed by atoms with van der Waals surface area (Å²) in [7, 11) is 0. The summed E-state index contributed by atoms with van der Waals surface area (Å²) in [6.45, 7) is 5.96. The van der Waals surface area contributed by atoms with Gasteiger partial charge < -0.3 is 20.1 Å². The molecule has 7 nitrogen and oxygen atoms in total. The molecule has 0 aromatic heterocycles. The van der Waals surface area contributed by atoms with Crippen molar-refractivity contribution in [3.8, 4) is 0 Å². The number of ether oxygens (including phenoxy) is 1. The van der Waals surface area contributed by atoms with Crippen molar-refractivity contribution in [1.82, 2.24) is 0 Å². The van der Waals surface area contributed by atoms with Crippen molar-refractivity contribution in [2.75, 3.05) is 6.61 Å². The molecule has 10 atom stereocenters. The van der Waals surface area contributed by atoms with Crippen LogP contribution in [0.3, 0.4) is 0 Å². The predicted molar refractivity (Wildman–Crippen MR) is 111 cm³/mol. The lowest BCUT2D eigenvalue weighted by molar-refractivity contribution is -0.261. The lowest BCUT2D eigenvalue weighted by Crippen LogP contribution is -2.71. The molecule has 0 aliphatic heterocycles. The van der Waals surface area contributed by atoms with Crippen molar-refractivity contribution in [3.05, 3.63) is 0 Å². The fourth-order valence-electron chi connectivity index (χ4n) is 8.35. The average Bonchev–Trinajstić information content (AvgIpc) is 2.89. The van der Waals surface area contributed by atoms with Gasteiger partial charge in [-0.05, 0) is 49.4 Å². The number of halogens is 1. The van der Waals surface area contributed by atoms with Gasteiger partial charge in [0.25, 0.3) is 0 Å². The monoisotopic (exact) mass is 454 g/mol. The Kier molecular flexibility index (Phi) is 5.43. The van der Waals surface area contributed by atoms with Gasteiger partial charge in [0.15, 0.2) is 6.61 Å². The zero-order valence-electron chi connectivity index (χ0n) is 19.3. The van der Waals surface area contributed by atoms with Crippen LogP contribution in [0.15, 0.2) is 0 Å². The van der Waals surface area contributed by atoms with Gasteiger partial charge in [-0.2, -0.15) is 0 Å². The molecule has 4 aliphatic rings. The van der Waals surface area contributed by atoms with Crippen LogP contribution >= 0.6 is 0 Å². The van der Waals surface area contributed by atoms with Gasteiger partial charge in [-0.15, -0.1) is 0 Å². The molecular formula is C24H35FO7. The van der Waals surface area contributed by atoms with Crippen LogP contribution in [0.4, 0.5) is 4.39 Å². The first-order valence-corrected chi connectivity index (χ1v) is 11.7. The number of carbonyl (C=O) groups excluding carboxylic acids is 3. The van der Waals surface area contributed by atoms with Crippen molar-refractivity contribution in [2.45, 2.75) is 89.7 Å². The first kappa shape index (κ1) is 23.8. The van der Waals surface area contributed by atoms with E-state index in [4.69, 9.17) is 4.74 Å². The first-order chi connectivity index (χ1) is 14.7. The Morgan fingerprint density at radius 2 is 1.84 bits per heavy atom. The van der Waals surface area contributed by atoms with Gasteiger partial charge in [0.2, 0.25) is 5.78 Å². The summed E-state index contributed by atoms with van der Waals surface area (Å²) < 4.78 is 20.5. The number of aliphatic hydroxyl groups is 3. The largest absolute Gasteiger partial charge is 0.458 e. The van der Waals surface area contributed by atoms with E-state index in [0.717, 1.165) is 0 Å². The SMILES string of the molecule is CC(=O)OCC(=O)[C@@]1(O)[C@H](C)C[C@H]2[C@@H]3C[C@@H](F)[C@@]4(O)CC(=O)CC[C@]4(C)[C@H]3[C@H](O)C[C@@]21C. The Bertz CT molecular complexity index is 846. The van der Waals surface area contributed by atoms with Crippen LogP contribution in [0.25, 0.3) is 0 Å². The first-order valence-electron chi connectivity index (χ1n) is 11.7. The molecule has 0 amide bonds. The molecule has 0 aromatic rings. The summed E-state index contributed by atoms with van der Waals surface area (Å²) in [6.07, 6.45) is -1.76. The zero-order valence-corrected chi connectivity index (χ0v) is 19.3. The molecule has 3 N–H and O–H groups in total. The van der Waals surface area contributed by atoms with Crippen LogP contribution in [0, 0.1) is 34.5 Å². The Balaban J connectivity index is 1.73. The highest BCUT2D eigenvalue weighted by Gasteiger charge is 2.74. The third kappa shape index (κ3) is 2.84. The fraction of sp³-hybridized carbons (Fsp3) is 0.875. The summed E-state index contributed by atoms with van der Waals surface area (Å²) in [5.41, 5.74) is -5.64. The van der Waals surface area contributed by atoms with Crippen LogP contribution in [0.1, 0.15) is 66.2 Å². The van der Waals surface area contributed by atoms with E-state index in [2.05, 4.69) is 0 Å². The number of fused-ring (bicyclic) bond motifs is 5. The molecule has 0 saturated heterocycles. The van der Waals surface area contributed by atoms with E-state index < -0.39 is 64.5 Å². The van der Waals surface area contributed by atoms with Gasteiger partial charge in [-0.25, -0.2) is 4.39 Å².